The number of carbonyl (C=O) groups is 2. The van der Waals surface area contributed by atoms with Crippen molar-refractivity contribution in [3.05, 3.63) is 72.9 Å². The molecule has 0 saturated carbocycles. The lowest BCUT2D eigenvalue weighted by Crippen LogP contribution is -2.16. The topological polar surface area (TPSA) is 34.1 Å². The molecule has 2 nitrogen and oxygen atoms in total. The van der Waals surface area contributed by atoms with Gasteiger partial charge in [0, 0.05) is 11.1 Å². The highest BCUT2D eigenvalue weighted by Gasteiger charge is 2.18. The summed E-state index contributed by atoms with van der Waals surface area (Å²) in [5.74, 6) is -1.06. The highest BCUT2D eigenvalue weighted by Crippen LogP contribution is 2.07. The number of hydrogen-bond donors (Lipinski definition) is 0. The summed E-state index contributed by atoms with van der Waals surface area (Å²) in [6.45, 7) is 18.5. The van der Waals surface area contributed by atoms with Gasteiger partial charge >= 0.3 is 0 Å². The average Bonchev–Trinajstić information content (AvgIpc) is 2.59. The molecule has 0 aromatic heterocycles. The standard InChI is InChI=1S/C16H18O2.2C2H6/c1-5-9-11-13(7-3)15(17)16(18)14(8-4)12-10-6-2;2*1-2/h5-12H,1-2H2,3-4H3;2*1-2H3/b11-9-,12-10-,13-7+,14-8+;;. The largest absolute Gasteiger partial charge is 0.285 e. The number of Topliss-reactive ketones (excluding diaryl/α,β-unsaturated/α-hetero) is 2. The van der Waals surface area contributed by atoms with Crippen LogP contribution in [0.4, 0.5) is 0 Å². The normalized spacial score (nSPS) is 11.2. The third-order valence-electron chi connectivity index (χ3n) is 2.18. The molecule has 0 fully saturated rings. The minimum absolute atomic E-state index is 0.353. The number of allylic oxidation sites excluding steroid dienone is 10. The van der Waals surface area contributed by atoms with Crippen LogP contribution in [0, 0.1) is 0 Å². The maximum atomic E-state index is 11.9. The van der Waals surface area contributed by atoms with E-state index >= 15 is 0 Å². The fraction of sp³-hybridized carbons (Fsp3) is 0.300. The van der Waals surface area contributed by atoms with Crippen LogP contribution < -0.4 is 0 Å². The van der Waals surface area contributed by atoms with E-state index in [4.69, 9.17) is 0 Å². The molecule has 0 aromatic carbocycles. The van der Waals surface area contributed by atoms with Gasteiger partial charge in [-0.05, 0) is 13.8 Å². The lowest BCUT2D eigenvalue weighted by molar-refractivity contribution is -0.131. The van der Waals surface area contributed by atoms with Crippen molar-refractivity contribution in [1.29, 1.82) is 0 Å². The Morgan fingerprint density at radius 3 is 1.14 bits per heavy atom. The predicted molar refractivity (Wildman–Crippen MR) is 98.9 cm³/mol. The Morgan fingerprint density at radius 2 is 0.955 bits per heavy atom. The minimum Gasteiger partial charge on any atom is -0.285 e. The Labute approximate surface area is 136 Å². The van der Waals surface area contributed by atoms with Gasteiger partial charge in [0.05, 0.1) is 0 Å². The second kappa shape index (κ2) is 18.8. The van der Waals surface area contributed by atoms with Crippen molar-refractivity contribution in [1.82, 2.24) is 0 Å². The van der Waals surface area contributed by atoms with Crippen LogP contribution in [0.25, 0.3) is 0 Å². The van der Waals surface area contributed by atoms with E-state index in [2.05, 4.69) is 13.2 Å². The summed E-state index contributed by atoms with van der Waals surface area (Å²) >= 11 is 0. The molecule has 0 spiro atoms. The SMILES string of the molecule is C=C/C=C\C(=C/C)C(=O)C(=O)C(/C=C\C=C)=C/C.CC.CC. The van der Waals surface area contributed by atoms with E-state index in [0.29, 0.717) is 11.1 Å². The maximum Gasteiger partial charge on any atom is 0.233 e. The zero-order chi connectivity index (χ0) is 18.0. The third kappa shape index (κ3) is 10.6. The summed E-state index contributed by atoms with van der Waals surface area (Å²) in [6.07, 6.45) is 12.7. The van der Waals surface area contributed by atoms with Gasteiger partial charge in [-0.15, -0.1) is 0 Å². The first kappa shape index (κ1) is 24.8. The van der Waals surface area contributed by atoms with Crippen molar-refractivity contribution < 1.29 is 9.59 Å². The van der Waals surface area contributed by atoms with Crippen molar-refractivity contribution >= 4 is 11.6 Å². The molecule has 0 aliphatic rings. The molecule has 0 saturated heterocycles. The van der Waals surface area contributed by atoms with Crippen LogP contribution in [0.2, 0.25) is 0 Å². The summed E-state index contributed by atoms with van der Waals surface area (Å²) < 4.78 is 0. The molecule has 2 heteroatoms. The molecule has 0 radical (unpaired) electrons. The van der Waals surface area contributed by atoms with E-state index in [1.165, 1.54) is 0 Å². The first-order valence-corrected chi connectivity index (χ1v) is 7.62. The Morgan fingerprint density at radius 1 is 0.682 bits per heavy atom. The molecular weight excluding hydrogens is 272 g/mol. The molecule has 0 rings (SSSR count). The van der Waals surface area contributed by atoms with Crippen molar-refractivity contribution in [2.45, 2.75) is 41.5 Å². The smallest absolute Gasteiger partial charge is 0.233 e. The van der Waals surface area contributed by atoms with Gasteiger partial charge in [-0.25, -0.2) is 0 Å². The highest BCUT2D eigenvalue weighted by molar-refractivity contribution is 6.50. The van der Waals surface area contributed by atoms with Crippen LogP contribution in [0.5, 0.6) is 0 Å². The Hall–Kier alpha value is -2.22. The molecule has 0 heterocycles. The molecule has 0 unspecified atom stereocenters. The van der Waals surface area contributed by atoms with Crippen molar-refractivity contribution in [3.8, 4) is 0 Å². The third-order valence-corrected chi connectivity index (χ3v) is 2.18. The van der Waals surface area contributed by atoms with Crippen LogP contribution in [0.3, 0.4) is 0 Å². The number of rotatable bonds is 7. The number of carbonyl (C=O) groups excluding carboxylic acids is 2. The maximum absolute atomic E-state index is 11.9. The minimum atomic E-state index is -0.530. The van der Waals surface area contributed by atoms with Gasteiger partial charge < -0.3 is 0 Å². The molecular formula is C20H30O2. The van der Waals surface area contributed by atoms with Crippen molar-refractivity contribution in [2.75, 3.05) is 0 Å². The van der Waals surface area contributed by atoms with E-state index in [-0.39, 0.29) is 0 Å². The highest BCUT2D eigenvalue weighted by atomic mass is 16.2. The van der Waals surface area contributed by atoms with Crippen LogP contribution >= 0.6 is 0 Å². The van der Waals surface area contributed by atoms with Gasteiger partial charge in [-0.2, -0.15) is 0 Å². The monoisotopic (exact) mass is 302 g/mol. The number of hydrogen-bond acceptors (Lipinski definition) is 2. The van der Waals surface area contributed by atoms with E-state index in [9.17, 15) is 9.59 Å². The molecule has 0 N–H and O–H groups in total. The second-order valence-corrected chi connectivity index (χ2v) is 3.34. The van der Waals surface area contributed by atoms with Gasteiger partial charge in [-0.1, -0.05) is 89.5 Å². The van der Waals surface area contributed by atoms with E-state index < -0.39 is 11.6 Å². The summed E-state index contributed by atoms with van der Waals surface area (Å²) in [4.78, 5) is 23.9. The van der Waals surface area contributed by atoms with Crippen molar-refractivity contribution in [2.24, 2.45) is 0 Å². The van der Waals surface area contributed by atoms with Crippen LogP contribution in [-0.2, 0) is 9.59 Å². The molecule has 122 valence electrons. The quantitative estimate of drug-likeness (QED) is 0.351. The molecule has 0 bridgehead atoms. The summed E-state index contributed by atoms with van der Waals surface area (Å²) in [7, 11) is 0. The molecule has 22 heavy (non-hydrogen) atoms. The second-order valence-electron chi connectivity index (χ2n) is 3.34. The van der Waals surface area contributed by atoms with Gasteiger partial charge in [0.2, 0.25) is 11.6 Å². The van der Waals surface area contributed by atoms with Gasteiger partial charge in [-0.3, -0.25) is 9.59 Å². The predicted octanol–water partition coefficient (Wildman–Crippen LogP) is 5.55. The van der Waals surface area contributed by atoms with Crippen LogP contribution in [-0.4, -0.2) is 11.6 Å². The fourth-order valence-electron chi connectivity index (χ4n) is 1.21. The van der Waals surface area contributed by atoms with Crippen LogP contribution in [0.1, 0.15) is 41.5 Å². The van der Waals surface area contributed by atoms with E-state index in [1.807, 2.05) is 27.7 Å². The van der Waals surface area contributed by atoms with Gasteiger partial charge in [0.1, 0.15) is 0 Å². The Balaban J connectivity index is -0.000000826. The van der Waals surface area contributed by atoms with Crippen molar-refractivity contribution in [3.63, 3.8) is 0 Å². The van der Waals surface area contributed by atoms with Crippen LogP contribution in [0.15, 0.2) is 72.9 Å². The molecule has 0 amide bonds. The first-order valence-electron chi connectivity index (χ1n) is 7.62. The summed E-state index contributed by atoms with van der Waals surface area (Å²) in [5, 5.41) is 0. The molecule has 0 aliphatic heterocycles. The molecule has 0 atom stereocenters. The van der Waals surface area contributed by atoms with E-state index in [0.717, 1.165) is 0 Å². The lowest BCUT2D eigenvalue weighted by atomic mass is 10.0. The zero-order valence-electron chi connectivity index (χ0n) is 14.8. The summed E-state index contributed by atoms with van der Waals surface area (Å²) in [5.41, 5.74) is 0.706. The molecule has 0 aromatic rings. The average molecular weight is 302 g/mol. The Kier molecular flexibility index (Phi) is 21.1. The first-order chi connectivity index (χ1) is 10.6. The zero-order valence-corrected chi connectivity index (χ0v) is 14.8. The number of ketones is 2. The Bertz CT molecular complexity index is 414. The summed E-state index contributed by atoms with van der Waals surface area (Å²) in [6, 6.07) is 0. The molecule has 0 aliphatic carbocycles. The fourth-order valence-corrected chi connectivity index (χ4v) is 1.21. The lowest BCUT2D eigenvalue weighted by Gasteiger charge is -2.01. The van der Waals surface area contributed by atoms with Gasteiger partial charge in [0.15, 0.2) is 0 Å². The van der Waals surface area contributed by atoms with E-state index in [1.54, 1.807) is 62.5 Å². The van der Waals surface area contributed by atoms with Gasteiger partial charge in [0.25, 0.3) is 0 Å².